The van der Waals surface area contributed by atoms with Crippen LogP contribution in [0.3, 0.4) is 0 Å². The highest BCUT2D eigenvalue weighted by Crippen LogP contribution is 2.11. The maximum atomic E-state index is 12.5. The summed E-state index contributed by atoms with van der Waals surface area (Å²) in [5, 5.41) is 4.04. The molecule has 2 heterocycles. The van der Waals surface area contributed by atoms with Crippen molar-refractivity contribution in [3.63, 3.8) is 0 Å². The molecule has 1 aliphatic rings. The number of aromatic nitrogens is 2. The topological polar surface area (TPSA) is 58.4 Å². The number of hydrogen-bond donors (Lipinski definition) is 0. The maximum Gasteiger partial charge on any atom is 0.274 e. The van der Waals surface area contributed by atoms with Crippen LogP contribution >= 0.6 is 0 Å². The zero-order valence-corrected chi connectivity index (χ0v) is 14.1. The molecule has 2 aromatic rings. The van der Waals surface area contributed by atoms with Gasteiger partial charge in [0.15, 0.2) is 0 Å². The number of carbonyl (C=O) groups excluding carboxylic acids is 1. The second kappa shape index (κ2) is 6.97. The van der Waals surface area contributed by atoms with Crippen molar-refractivity contribution < 1.29 is 4.79 Å². The molecule has 1 saturated heterocycles. The van der Waals surface area contributed by atoms with Crippen LogP contribution in [0.4, 0.5) is 0 Å². The zero-order chi connectivity index (χ0) is 17.1. The van der Waals surface area contributed by atoms with Crippen LogP contribution in [0.2, 0.25) is 0 Å². The Morgan fingerprint density at radius 3 is 2.54 bits per heavy atom. The first-order valence-electron chi connectivity index (χ1n) is 8.14. The summed E-state index contributed by atoms with van der Waals surface area (Å²) in [7, 11) is 1.55. The van der Waals surface area contributed by atoms with Crippen LogP contribution in [-0.2, 0) is 13.6 Å². The monoisotopic (exact) mass is 326 g/mol. The van der Waals surface area contributed by atoms with Crippen LogP contribution in [-0.4, -0.2) is 51.7 Å². The SMILES string of the molecule is Cc1cccc(CN2CCN(C(=O)c3ccc(=O)n(C)n3)CC2)c1. The third-order valence-electron chi connectivity index (χ3n) is 4.33. The number of amides is 1. The molecule has 1 amide bonds. The highest BCUT2D eigenvalue weighted by molar-refractivity contribution is 5.92. The summed E-state index contributed by atoms with van der Waals surface area (Å²) in [5.74, 6) is -0.110. The lowest BCUT2D eigenvalue weighted by Crippen LogP contribution is -2.48. The minimum atomic E-state index is -0.213. The van der Waals surface area contributed by atoms with Gasteiger partial charge in [0.25, 0.3) is 11.5 Å². The van der Waals surface area contributed by atoms with Gasteiger partial charge in [-0.2, -0.15) is 5.10 Å². The Balaban J connectivity index is 1.59. The molecule has 3 rings (SSSR count). The zero-order valence-electron chi connectivity index (χ0n) is 14.1. The molecular weight excluding hydrogens is 304 g/mol. The third-order valence-corrected chi connectivity index (χ3v) is 4.33. The van der Waals surface area contributed by atoms with Gasteiger partial charge in [-0.15, -0.1) is 0 Å². The smallest absolute Gasteiger partial charge is 0.274 e. The number of rotatable bonds is 3. The minimum absolute atomic E-state index is 0.110. The number of piperazine rings is 1. The van der Waals surface area contributed by atoms with E-state index in [1.54, 1.807) is 11.9 Å². The fourth-order valence-corrected chi connectivity index (χ4v) is 2.96. The quantitative estimate of drug-likeness (QED) is 0.846. The highest BCUT2D eigenvalue weighted by atomic mass is 16.2. The predicted octanol–water partition coefficient (Wildman–Crippen LogP) is 1.05. The van der Waals surface area contributed by atoms with Crippen molar-refractivity contribution in [1.29, 1.82) is 0 Å². The van der Waals surface area contributed by atoms with E-state index in [-0.39, 0.29) is 11.5 Å². The van der Waals surface area contributed by atoms with Crippen LogP contribution in [0.5, 0.6) is 0 Å². The average Bonchev–Trinajstić information content (AvgIpc) is 2.57. The molecule has 0 unspecified atom stereocenters. The Hall–Kier alpha value is -2.47. The molecule has 1 fully saturated rings. The fraction of sp³-hybridized carbons (Fsp3) is 0.389. The van der Waals surface area contributed by atoms with Gasteiger partial charge in [0.2, 0.25) is 0 Å². The van der Waals surface area contributed by atoms with Gasteiger partial charge in [-0.05, 0) is 18.6 Å². The van der Waals surface area contributed by atoms with E-state index in [0.29, 0.717) is 18.8 Å². The molecule has 6 heteroatoms. The molecule has 1 aliphatic heterocycles. The normalized spacial score (nSPS) is 15.5. The van der Waals surface area contributed by atoms with Crippen LogP contribution in [0.25, 0.3) is 0 Å². The van der Waals surface area contributed by atoms with E-state index in [0.717, 1.165) is 19.6 Å². The highest BCUT2D eigenvalue weighted by Gasteiger charge is 2.23. The van der Waals surface area contributed by atoms with Crippen LogP contribution in [0, 0.1) is 6.92 Å². The van der Waals surface area contributed by atoms with Gasteiger partial charge in [0.1, 0.15) is 5.69 Å². The maximum absolute atomic E-state index is 12.5. The molecular formula is C18H22N4O2. The summed E-state index contributed by atoms with van der Waals surface area (Å²) in [6, 6.07) is 11.4. The fourth-order valence-electron chi connectivity index (χ4n) is 2.96. The standard InChI is InChI=1S/C18H22N4O2/c1-14-4-3-5-15(12-14)13-21-8-10-22(11-9-21)18(24)16-6-7-17(23)20(2)19-16/h3-7,12H,8-11,13H2,1-2H3. The van der Waals surface area contributed by atoms with E-state index in [1.165, 1.54) is 27.9 Å². The summed E-state index contributed by atoms with van der Waals surface area (Å²) in [5.41, 5.74) is 2.68. The van der Waals surface area contributed by atoms with E-state index in [1.807, 2.05) is 0 Å². The Morgan fingerprint density at radius 2 is 1.88 bits per heavy atom. The van der Waals surface area contributed by atoms with Gasteiger partial charge in [-0.1, -0.05) is 29.8 Å². The Labute approximate surface area is 141 Å². The number of carbonyl (C=O) groups is 1. The number of hydrogen-bond acceptors (Lipinski definition) is 4. The average molecular weight is 326 g/mol. The van der Waals surface area contributed by atoms with Crippen molar-refractivity contribution in [3.8, 4) is 0 Å². The molecule has 126 valence electrons. The molecule has 6 nitrogen and oxygen atoms in total. The molecule has 0 radical (unpaired) electrons. The number of aryl methyl sites for hydroxylation is 2. The van der Waals surface area contributed by atoms with E-state index in [9.17, 15) is 9.59 Å². The van der Waals surface area contributed by atoms with Crippen molar-refractivity contribution in [2.45, 2.75) is 13.5 Å². The van der Waals surface area contributed by atoms with Gasteiger partial charge in [-0.3, -0.25) is 14.5 Å². The van der Waals surface area contributed by atoms with E-state index < -0.39 is 0 Å². The largest absolute Gasteiger partial charge is 0.335 e. The number of nitrogens with zero attached hydrogens (tertiary/aromatic N) is 4. The lowest BCUT2D eigenvalue weighted by atomic mass is 10.1. The van der Waals surface area contributed by atoms with Gasteiger partial charge in [0.05, 0.1) is 0 Å². The van der Waals surface area contributed by atoms with Gasteiger partial charge in [-0.25, -0.2) is 4.68 Å². The Kier molecular flexibility index (Phi) is 4.76. The molecule has 1 aromatic heterocycles. The van der Waals surface area contributed by atoms with Gasteiger partial charge >= 0.3 is 0 Å². The molecule has 0 spiro atoms. The Bertz CT molecular complexity index is 792. The van der Waals surface area contributed by atoms with E-state index >= 15 is 0 Å². The van der Waals surface area contributed by atoms with Crippen molar-refractivity contribution in [2.24, 2.45) is 7.05 Å². The summed E-state index contributed by atoms with van der Waals surface area (Å²) in [6.07, 6.45) is 0. The van der Waals surface area contributed by atoms with Crippen molar-refractivity contribution in [3.05, 3.63) is 63.6 Å². The summed E-state index contributed by atoms with van der Waals surface area (Å²) in [4.78, 5) is 28.0. The first kappa shape index (κ1) is 16.4. The lowest BCUT2D eigenvalue weighted by Gasteiger charge is -2.34. The molecule has 1 aromatic carbocycles. The first-order valence-corrected chi connectivity index (χ1v) is 8.14. The summed E-state index contributed by atoms with van der Waals surface area (Å²) >= 11 is 0. The minimum Gasteiger partial charge on any atom is -0.335 e. The lowest BCUT2D eigenvalue weighted by molar-refractivity contribution is 0.0620. The van der Waals surface area contributed by atoms with Crippen molar-refractivity contribution >= 4 is 5.91 Å². The van der Waals surface area contributed by atoms with Crippen LogP contribution in [0.15, 0.2) is 41.2 Å². The van der Waals surface area contributed by atoms with Gasteiger partial charge in [0, 0.05) is 45.8 Å². The van der Waals surface area contributed by atoms with Crippen LogP contribution < -0.4 is 5.56 Å². The third kappa shape index (κ3) is 3.71. The second-order valence-electron chi connectivity index (χ2n) is 6.24. The molecule has 0 atom stereocenters. The molecule has 0 aliphatic carbocycles. The van der Waals surface area contributed by atoms with E-state index in [2.05, 4.69) is 41.2 Å². The molecule has 0 N–H and O–H groups in total. The van der Waals surface area contributed by atoms with Crippen LogP contribution in [0.1, 0.15) is 21.6 Å². The molecule has 0 saturated carbocycles. The van der Waals surface area contributed by atoms with E-state index in [4.69, 9.17) is 0 Å². The van der Waals surface area contributed by atoms with Crippen molar-refractivity contribution in [2.75, 3.05) is 26.2 Å². The van der Waals surface area contributed by atoms with Gasteiger partial charge < -0.3 is 4.90 Å². The second-order valence-corrected chi connectivity index (χ2v) is 6.24. The molecule has 0 bridgehead atoms. The Morgan fingerprint density at radius 1 is 1.12 bits per heavy atom. The summed E-state index contributed by atoms with van der Waals surface area (Å²) in [6.45, 7) is 6.03. The van der Waals surface area contributed by atoms with Crippen molar-refractivity contribution in [1.82, 2.24) is 19.6 Å². The number of benzene rings is 1. The summed E-state index contributed by atoms with van der Waals surface area (Å²) < 4.78 is 1.20. The predicted molar refractivity (Wildman–Crippen MR) is 91.8 cm³/mol. The molecule has 24 heavy (non-hydrogen) atoms. The first-order chi connectivity index (χ1) is 11.5.